The lowest BCUT2D eigenvalue weighted by Crippen LogP contribution is -2.43. The Bertz CT molecular complexity index is 237. The molecule has 0 bridgehead atoms. The molecule has 0 saturated heterocycles. The molecule has 1 saturated carbocycles. The summed E-state index contributed by atoms with van der Waals surface area (Å²) in [4.78, 5) is 4.52. The SMILES string of the molecule is COCCNC(=NCC1(C)CCCCC1)NN. The van der Waals surface area contributed by atoms with Crippen LogP contribution in [0.2, 0.25) is 0 Å². The van der Waals surface area contributed by atoms with E-state index in [2.05, 4.69) is 22.7 Å². The molecule has 0 aromatic carbocycles. The average Bonchev–Trinajstić information content (AvgIpc) is 2.34. The largest absolute Gasteiger partial charge is 0.383 e. The predicted molar refractivity (Wildman–Crippen MR) is 70.7 cm³/mol. The summed E-state index contributed by atoms with van der Waals surface area (Å²) in [6.07, 6.45) is 6.56. The first-order chi connectivity index (χ1) is 8.20. The predicted octanol–water partition coefficient (Wildman–Crippen LogP) is 1.01. The summed E-state index contributed by atoms with van der Waals surface area (Å²) in [5, 5.41) is 3.12. The Morgan fingerprint density at radius 1 is 1.35 bits per heavy atom. The van der Waals surface area contributed by atoms with Gasteiger partial charge in [-0.3, -0.25) is 10.4 Å². The fraction of sp³-hybridized carbons (Fsp3) is 0.917. The molecule has 0 heterocycles. The van der Waals surface area contributed by atoms with E-state index in [9.17, 15) is 0 Å². The normalized spacial score (nSPS) is 20.1. The fourth-order valence-corrected chi connectivity index (χ4v) is 2.26. The van der Waals surface area contributed by atoms with E-state index < -0.39 is 0 Å². The number of hydrazine groups is 1. The Morgan fingerprint density at radius 3 is 2.65 bits per heavy atom. The second-order valence-electron chi connectivity index (χ2n) is 5.10. The van der Waals surface area contributed by atoms with Crippen molar-refractivity contribution in [3.05, 3.63) is 0 Å². The molecule has 0 spiro atoms. The topological polar surface area (TPSA) is 71.7 Å². The van der Waals surface area contributed by atoms with Crippen molar-refractivity contribution in [3.8, 4) is 0 Å². The molecular formula is C12H26N4O. The van der Waals surface area contributed by atoms with Gasteiger partial charge >= 0.3 is 0 Å². The van der Waals surface area contributed by atoms with E-state index in [1.807, 2.05) is 0 Å². The van der Waals surface area contributed by atoms with Crippen molar-refractivity contribution in [2.24, 2.45) is 16.3 Å². The van der Waals surface area contributed by atoms with Crippen molar-refractivity contribution in [2.45, 2.75) is 39.0 Å². The summed E-state index contributed by atoms with van der Waals surface area (Å²) >= 11 is 0. The number of guanidine groups is 1. The van der Waals surface area contributed by atoms with E-state index in [-0.39, 0.29) is 0 Å². The summed E-state index contributed by atoms with van der Waals surface area (Å²) in [5.74, 6) is 6.09. The summed E-state index contributed by atoms with van der Waals surface area (Å²) in [6, 6.07) is 0. The van der Waals surface area contributed by atoms with Crippen LogP contribution in [-0.4, -0.2) is 32.8 Å². The molecule has 1 aliphatic rings. The highest BCUT2D eigenvalue weighted by Crippen LogP contribution is 2.35. The van der Waals surface area contributed by atoms with Crippen LogP contribution in [0.4, 0.5) is 0 Å². The summed E-state index contributed by atoms with van der Waals surface area (Å²) in [7, 11) is 1.68. The minimum Gasteiger partial charge on any atom is -0.383 e. The van der Waals surface area contributed by atoms with E-state index in [0.717, 1.165) is 13.1 Å². The van der Waals surface area contributed by atoms with Crippen molar-refractivity contribution in [1.82, 2.24) is 10.7 Å². The number of aliphatic imine (C=N–C) groups is 1. The zero-order chi connectivity index (χ0) is 12.6. The Kier molecular flexibility index (Phi) is 6.29. The minimum absolute atomic E-state index is 0.350. The molecule has 0 amide bonds. The van der Waals surface area contributed by atoms with Crippen LogP contribution >= 0.6 is 0 Å². The molecule has 0 aromatic heterocycles. The van der Waals surface area contributed by atoms with Gasteiger partial charge in [-0.2, -0.15) is 0 Å². The summed E-state index contributed by atoms with van der Waals surface area (Å²) < 4.78 is 4.96. The van der Waals surface area contributed by atoms with Gasteiger partial charge in [-0.15, -0.1) is 0 Å². The van der Waals surface area contributed by atoms with Gasteiger partial charge in [0.1, 0.15) is 0 Å². The molecular weight excluding hydrogens is 216 g/mol. The standard InChI is InChI=1S/C12H26N4O/c1-12(6-4-3-5-7-12)10-15-11(16-13)14-8-9-17-2/h3-10,13H2,1-2H3,(H2,14,15,16). The van der Waals surface area contributed by atoms with Crippen molar-refractivity contribution in [2.75, 3.05) is 26.8 Å². The van der Waals surface area contributed by atoms with Crippen LogP contribution in [0.15, 0.2) is 4.99 Å². The highest BCUT2D eigenvalue weighted by molar-refractivity contribution is 5.79. The number of nitrogens with zero attached hydrogens (tertiary/aromatic N) is 1. The lowest BCUT2D eigenvalue weighted by molar-refractivity contribution is 0.203. The van der Waals surface area contributed by atoms with Crippen molar-refractivity contribution >= 4 is 5.96 Å². The second kappa shape index (κ2) is 7.50. The maximum absolute atomic E-state index is 5.43. The Morgan fingerprint density at radius 2 is 2.06 bits per heavy atom. The van der Waals surface area contributed by atoms with Crippen molar-refractivity contribution in [3.63, 3.8) is 0 Å². The molecule has 0 aromatic rings. The van der Waals surface area contributed by atoms with Crippen LogP contribution in [0.3, 0.4) is 0 Å². The summed E-state index contributed by atoms with van der Waals surface area (Å²) in [5.41, 5.74) is 2.95. The van der Waals surface area contributed by atoms with E-state index in [1.54, 1.807) is 7.11 Å². The Labute approximate surface area is 104 Å². The zero-order valence-corrected chi connectivity index (χ0v) is 11.1. The zero-order valence-electron chi connectivity index (χ0n) is 11.1. The average molecular weight is 242 g/mol. The van der Waals surface area contributed by atoms with Crippen LogP contribution < -0.4 is 16.6 Å². The molecule has 100 valence electrons. The quantitative estimate of drug-likeness (QED) is 0.221. The third-order valence-corrected chi connectivity index (χ3v) is 3.41. The first kappa shape index (κ1) is 14.3. The fourth-order valence-electron chi connectivity index (χ4n) is 2.26. The van der Waals surface area contributed by atoms with Gasteiger partial charge < -0.3 is 10.1 Å². The first-order valence-corrected chi connectivity index (χ1v) is 6.44. The van der Waals surface area contributed by atoms with Gasteiger partial charge in [-0.1, -0.05) is 26.2 Å². The van der Waals surface area contributed by atoms with E-state index in [1.165, 1.54) is 32.1 Å². The van der Waals surface area contributed by atoms with Gasteiger partial charge in [-0.05, 0) is 18.3 Å². The Balaban J connectivity index is 2.36. The van der Waals surface area contributed by atoms with Gasteiger partial charge in [0.2, 0.25) is 5.96 Å². The van der Waals surface area contributed by atoms with E-state index >= 15 is 0 Å². The first-order valence-electron chi connectivity index (χ1n) is 6.44. The lowest BCUT2D eigenvalue weighted by atomic mass is 9.76. The van der Waals surface area contributed by atoms with Gasteiger partial charge in [0.15, 0.2) is 0 Å². The highest BCUT2D eigenvalue weighted by atomic mass is 16.5. The molecule has 4 N–H and O–H groups in total. The number of rotatable bonds is 5. The van der Waals surface area contributed by atoms with Crippen LogP contribution in [0.25, 0.3) is 0 Å². The number of hydrogen-bond donors (Lipinski definition) is 3. The molecule has 1 fully saturated rings. The number of ether oxygens (including phenoxy) is 1. The van der Waals surface area contributed by atoms with Crippen LogP contribution in [0.1, 0.15) is 39.0 Å². The van der Waals surface area contributed by atoms with Crippen molar-refractivity contribution in [1.29, 1.82) is 0 Å². The monoisotopic (exact) mass is 242 g/mol. The van der Waals surface area contributed by atoms with Gasteiger partial charge in [0.05, 0.1) is 6.61 Å². The Hall–Kier alpha value is -0.810. The van der Waals surface area contributed by atoms with Gasteiger partial charge in [0, 0.05) is 20.2 Å². The second-order valence-corrected chi connectivity index (χ2v) is 5.10. The van der Waals surface area contributed by atoms with Crippen molar-refractivity contribution < 1.29 is 4.74 Å². The number of nitrogens with two attached hydrogens (primary N) is 1. The number of nitrogens with one attached hydrogen (secondary N) is 2. The third kappa shape index (κ3) is 5.37. The molecule has 0 radical (unpaired) electrons. The summed E-state index contributed by atoms with van der Waals surface area (Å²) in [6.45, 7) is 4.53. The van der Waals surface area contributed by atoms with Gasteiger partial charge in [-0.25, -0.2) is 5.84 Å². The molecule has 0 atom stereocenters. The third-order valence-electron chi connectivity index (χ3n) is 3.41. The van der Waals surface area contributed by atoms with E-state index in [0.29, 0.717) is 18.0 Å². The smallest absolute Gasteiger partial charge is 0.205 e. The number of methoxy groups -OCH3 is 1. The minimum atomic E-state index is 0.350. The number of hydrogen-bond acceptors (Lipinski definition) is 3. The van der Waals surface area contributed by atoms with E-state index in [4.69, 9.17) is 10.6 Å². The maximum Gasteiger partial charge on any atom is 0.205 e. The van der Waals surface area contributed by atoms with Crippen LogP contribution in [-0.2, 0) is 4.74 Å². The molecule has 1 aliphatic carbocycles. The van der Waals surface area contributed by atoms with Gasteiger partial charge in [0.25, 0.3) is 0 Å². The highest BCUT2D eigenvalue weighted by Gasteiger charge is 2.26. The molecule has 0 unspecified atom stereocenters. The van der Waals surface area contributed by atoms with Crippen LogP contribution in [0.5, 0.6) is 0 Å². The lowest BCUT2D eigenvalue weighted by Gasteiger charge is -2.32. The maximum atomic E-state index is 5.43. The molecule has 0 aliphatic heterocycles. The molecule has 5 heteroatoms. The molecule has 17 heavy (non-hydrogen) atoms. The molecule has 5 nitrogen and oxygen atoms in total. The molecule has 1 rings (SSSR count). The van der Waals surface area contributed by atoms with Crippen LogP contribution in [0, 0.1) is 5.41 Å².